The summed E-state index contributed by atoms with van der Waals surface area (Å²) in [4.78, 5) is 33.2. The number of benzene rings is 2. The zero-order valence-electron chi connectivity index (χ0n) is 23.9. The Balaban J connectivity index is 1.52. The van der Waals surface area contributed by atoms with Gasteiger partial charge in [-0.25, -0.2) is 0 Å². The van der Waals surface area contributed by atoms with E-state index in [0.29, 0.717) is 68.6 Å². The Hall–Kier alpha value is -3.34. The van der Waals surface area contributed by atoms with Crippen LogP contribution >= 0.6 is 15.9 Å². The van der Waals surface area contributed by atoms with Crippen LogP contribution in [0.5, 0.6) is 11.5 Å². The lowest BCUT2D eigenvalue weighted by molar-refractivity contribution is -0.132. The van der Waals surface area contributed by atoms with E-state index in [2.05, 4.69) is 20.8 Å². The summed E-state index contributed by atoms with van der Waals surface area (Å²) in [6.45, 7) is 6.64. The van der Waals surface area contributed by atoms with E-state index in [1.54, 1.807) is 36.2 Å². The Labute approximate surface area is 250 Å². The number of halogens is 1. The van der Waals surface area contributed by atoms with Gasteiger partial charge in [-0.05, 0) is 61.4 Å². The number of hydrogen-bond donors (Lipinski definition) is 0. The summed E-state index contributed by atoms with van der Waals surface area (Å²) < 4.78 is 22.9. The number of methoxy groups -OCH3 is 2. The number of morpholine rings is 1. The molecular formula is C31H38BrN3O6. The Morgan fingerprint density at radius 2 is 1.73 bits per heavy atom. The summed E-state index contributed by atoms with van der Waals surface area (Å²) in [5, 5.41) is 0. The first kappa shape index (κ1) is 30.6. The van der Waals surface area contributed by atoms with Crippen LogP contribution in [0.2, 0.25) is 0 Å². The van der Waals surface area contributed by atoms with Crippen LogP contribution in [0.25, 0.3) is 0 Å². The minimum Gasteiger partial charge on any atom is -0.493 e. The van der Waals surface area contributed by atoms with Gasteiger partial charge in [0.25, 0.3) is 5.91 Å². The fourth-order valence-corrected chi connectivity index (χ4v) is 5.16. The summed E-state index contributed by atoms with van der Waals surface area (Å²) in [5.41, 5.74) is 1.54. The molecule has 2 aromatic carbocycles. The molecule has 2 heterocycles. The maximum Gasteiger partial charge on any atom is 0.254 e. The van der Waals surface area contributed by atoms with E-state index < -0.39 is 0 Å². The molecule has 3 aromatic rings. The third-order valence-electron chi connectivity index (χ3n) is 7.09. The summed E-state index contributed by atoms with van der Waals surface area (Å²) in [5.74, 6) is 2.44. The van der Waals surface area contributed by atoms with Crippen molar-refractivity contribution in [3.8, 4) is 11.5 Å². The molecule has 10 heteroatoms. The van der Waals surface area contributed by atoms with Crippen LogP contribution in [0.1, 0.15) is 27.4 Å². The van der Waals surface area contributed by atoms with Crippen LogP contribution in [-0.2, 0) is 22.5 Å². The van der Waals surface area contributed by atoms with Crippen molar-refractivity contribution in [1.29, 1.82) is 0 Å². The topological polar surface area (TPSA) is 84.7 Å². The van der Waals surface area contributed by atoms with Crippen molar-refractivity contribution in [3.05, 3.63) is 81.7 Å². The molecule has 41 heavy (non-hydrogen) atoms. The highest BCUT2D eigenvalue weighted by Gasteiger charge is 2.24. The summed E-state index contributed by atoms with van der Waals surface area (Å²) in [6.07, 6.45) is 0.596. The maximum absolute atomic E-state index is 13.9. The van der Waals surface area contributed by atoms with Gasteiger partial charge < -0.3 is 28.4 Å². The fraction of sp³-hybridized carbons (Fsp3) is 0.419. The molecule has 0 radical (unpaired) electrons. The first-order valence-electron chi connectivity index (χ1n) is 13.7. The van der Waals surface area contributed by atoms with Crippen LogP contribution in [0.3, 0.4) is 0 Å². The molecule has 1 fully saturated rings. The van der Waals surface area contributed by atoms with E-state index in [-0.39, 0.29) is 18.4 Å². The molecule has 0 aliphatic carbocycles. The average molecular weight is 629 g/mol. The molecule has 0 atom stereocenters. The second-order valence-corrected chi connectivity index (χ2v) is 10.9. The number of hydrogen-bond acceptors (Lipinski definition) is 7. The molecule has 220 valence electrons. The van der Waals surface area contributed by atoms with Crippen LogP contribution in [0.4, 0.5) is 0 Å². The van der Waals surface area contributed by atoms with Gasteiger partial charge in [-0.15, -0.1) is 0 Å². The van der Waals surface area contributed by atoms with Crippen molar-refractivity contribution >= 4 is 27.7 Å². The summed E-state index contributed by atoms with van der Waals surface area (Å²) in [7, 11) is 3.20. The number of nitrogens with zero attached hydrogens (tertiary/aromatic N) is 3. The lowest BCUT2D eigenvalue weighted by Gasteiger charge is -2.31. The van der Waals surface area contributed by atoms with Crippen molar-refractivity contribution in [1.82, 2.24) is 14.7 Å². The zero-order chi connectivity index (χ0) is 29.2. The van der Waals surface area contributed by atoms with Crippen molar-refractivity contribution < 1.29 is 28.2 Å². The molecule has 0 saturated carbocycles. The number of ether oxygens (including phenoxy) is 3. The normalized spacial score (nSPS) is 13.6. The number of furan rings is 1. The lowest BCUT2D eigenvalue weighted by Crippen LogP contribution is -2.47. The van der Waals surface area contributed by atoms with Gasteiger partial charge in [0.1, 0.15) is 18.1 Å². The van der Waals surface area contributed by atoms with Gasteiger partial charge in [-0.2, -0.15) is 0 Å². The SMILES string of the molecule is COc1ccc(CCN(Cc2ccc(C)o2)C(=O)CN(CCN2CCOCC2)C(=O)c2cccc(Br)c2)cc1OC. The average Bonchev–Trinajstić information content (AvgIpc) is 3.41. The van der Waals surface area contributed by atoms with E-state index >= 15 is 0 Å². The van der Waals surface area contributed by atoms with Crippen LogP contribution in [0.15, 0.2) is 63.5 Å². The number of carbonyl (C=O) groups excluding carboxylic acids is 2. The smallest absolute Gasteiger partial charge is 0.254 e. The highest BCUT2D eigenvalue weighted by molar-refractivity contribution is 9.10. The van der Waals surface area contributed by atoms with E-state index in [0.717, 1.165) is 28.9 Å². The standard InChI is InChI=1S/C31H38BrN3O6/c1-23-7-9-27(41-23)21-34(12-11-24-8-10-28(38-2)29(19-24)39-3)30(36)22-35(14-13-33-15-17-40-18-16-33)31(37)25-5-4-6-26(32)20-25/h4-10,19-20H,11-18,21-22H2,1-3H3. The third-order valence-corrected chi connectivity index (χ3v) is 7.58. The molecule has 0 bridgehead atoms. The Bertz CT molecular complexity index is 1310. The Kier molecular flexibility index (Phi) is 11.2. The molecule has 1 saturated heterocycles. The molecule has 4 rings (SSSR count). The molecular weight excluding hydrogens is 590 g/mol. The Morgan fingerprint density at radius 3 is 2.41 bits per heavy atom. The minimum atomic E-state index is -0.179. The largest absolute Gasteiger partial charge is 0.493 e. The lowest BCUT2D eigenvalue weighted by atomic mass is 10.1. The molecule has 2 amide bonds. The number of rotatable bonds is 13. The van der Waals surface area contributed by atoms with Gasteiger partial charge >= 0.3 is 0 Å². The predicted molar refractivity (Wildman–Crippen MR) is 159 cm³/mol. The van der Waals surface area contributed by atoms with Crippen molar-refractivity contribution in [3.63, 3.8) is 0 Å². The van der Waals surface area contributed by atoms with Crippen LogP contribution in [0, 0.1) is 6.92 Å². The first-order valence-corrected chi connectivity index (χ1v) is 14.5. The second kappa shape index (κ2) is 15.0. The maximum atomic E-state index is 13.9. The van der Waals surface area contributed by atoms with Gasteiger partial charge in [0.05, 0.1) is 34.0 Å². The molecule has 9 nitrogen and oxygen atoms in total. The highest BCUT2D eigenvalue weighted by atomic mass is 79.9. The van der Waals surface area contributed by atoms with Gasteiger partial charge in [-0.3, -0.25) is 14.5 Å². The van der Waals surface area contributed by atoms with E-state index in [1.165, 1.54) is 0 Å². The minimum absolute atomic E-state index is 0.0404. The van der Waals surface area contributed by atoms with E-state index in [9.17, 15) is 9.59 Å². The van der Waals surface area contributed by atoms with Crippen LogP contribution < -0.4 is 9.47 Å². The molecule has 0 spiro atoms. The van der Waals surface area contributed by atoms with E-state index in [4.69, 9.17) is 18.6 Å². The molecule has 1 aliphatic rings. The van der Waals surface area contributed by atoms with Crippen molar-refractivity contribution in [2.45, 2.75) is 19.9 Å². The molecule has 0 unspecified atom stereocenters. The quantitative estimate of drug-likeness (QED) is 0.277. The number of aryl methyl sites for hydroxylation is 1. The van der Waals surface area contributed by atoms with Crippen LogP contribution in [-0.4, -0.2) is 93.2 Å². The van der Waals surface area contributed by atoms with Crippen molar-refractivity contribution in [2.24, 2.45) is 0 Å². The molecule has 1 aliphatic heterocycles. The first-order chi connectivity index (χ1) is 19.9. The third kappa shape index (κ3) is 8.82. The predicted octanol–water partition coefficient (Wildman–Crippen LogP) is 4.41. The summed E-state index contributed by atoms with van der Waals surface area (Å²) in [6, 6.07) is 16.8. The monoisotopic (exact) mass is 627 g/mol. The van der Waals surface area contributed by atoms with Gasteiger partial charge in [-0.1, -0.05) is 28.1 Å². The molecule has 0 N–H and O–H groups in total. The fourth-order valence-electron chi connectivity index (χ4n) is 4.76. The van der Waals surface area contributed by atoms with E-state index in [1.807, 2.05) is 49.4 Å². The number of carbonyl (C=O) groups is 2. The van der Waals surface area contributed by atoms with Gasteiger partial charge in [0.15, 0.2) is 11.5 Å². The second-order valence-electron chi connectivity index (χ2n) is 9.96. The number of amides is 2. The van der Waals surface area contributed by atoms with Crippen molar-refractivity contribution in [2.75, 3.05) is 66.7 Å². The van der Waals surface area contributed by atoms with Gasteiger partial charge in [0, 0.05) is 42.8 Å². The molecule has 1 aromatic heterocycles. The highest BCUT2D eigenvalue weighted by Crippen LogP contribution is 2.28. The summed E-state index contributed by atoms with van der Waals surface area (Å²) >= 11 is 3.46. The Morgan fingerprint density at radius 1 is 0.951 bits per heavy atom. The van der Waals surface area contributed by atoms with Gasteiger partial charge in [0.2, 0.25) is 5.91 Å². The zero-order valence-corrected chi connectivity index (χ0v) is 25.5.